The fourth-order valence-corrected chi connectivity index (χ4v) is 3.39. The van der Waals surface area contributed by atoms with E-state index < -0.39 is 0 Å². The molecule has 0 unspecified atom stereocenters. The van der Waals surface area contributed by atoms with Gasteiger partial charge in [0.25, 0.3) is 0 Å². The minimum Gasteiger partial charge on any atom is -0.343 e. The van der Waals surface area contributed by atoms with Crippen LogP contribution in [0.25, 0.3) is 0 Å². The molecular formula is C22H26N2O. The number of rotatable bonds is 5. The van der Waals surface area contributed by atoms with Crippen molar-refractivity contribution in [1.82, 2.24) is 9.80 Å². The summed E-state index contributed by atoms with van der Waals surface area (Å²) < 4.78 is 0. The number of likely N-dealkylation sites (N-methyl/N-ethyl adjacent to an activating group) is 1. The van der Waals surface area contributed by atoms with Crippen molar-refractivity contribution >= 4 is 5.91 Å². The Balaban J connectivity index is 1.80. The Bertz CT molecular complexity index is 737. The summed E-state index contributed by atoms with van der Waals surface area (Å²) in [4.78, 5) is 16.9. The van der Waals surface area contributed by atoms with Crippen LogP contribution in [0.15, 0.2) is 72.9 Å². The third-order valence-corrected chi connectivity index (χ3v) is 5.14. The predicted molar refractivity (Wildman–Crippen MR) is 102 cm³/mol. The van der Waals surface area contributed by atoms with Crippen LogP contribution in [0.5, 0.6) is 0 Å². The van der Waals surface area contributed by atoms with Gasteiger partial charge in [0, 0.05) is 13.5 Å². The van der Waals surface area contributed by atoms with Gasteiger partial charge in [0.2, 0.25) is 5.91 Å². The second-order valence-corrected chi connectivity index (χ2v) is 7.08. The Morgan fingerprint density at radius 1 is 0.960 bits per heavy atom. The number of benzene rings is 2. The number of amides is 1. The fourth-order valence-electron chi connectivity index (χ4n) is 3.39. The highest BCUT2D eigenvalue weighted by Gasteiger charge is 2.47. The second-order valence-electron chi connectivity index (χ2n) is 7.08. The molecule has 0 saturated carbocycles. The molecule has 0 radical (unpaired) electrons. The molecule has 0 N–H and O–H groups in total. The van der Waals surface area contributed by atoms with Gasteiger partial charge in [-0.3, -0.25) is 4.79 Å². The summed E-state index contributed by atoms with van der Waals surface area (Å²) in [5.74, 6) is 0.179. The van der Waals surface area contributed by atoms with Gasteiger partial charge < -0.3 is 9.80 Å². The van der Waals surface area contributed by atoms with Gasteiger partial charge in [-0.05, 0) is 37.6 Å². The minimum atomic E-state index is -0.330. The molecule has 2 aromatic carbocycles. The van der Waals surface area contributed by atoms with Crippen LogP contribution in [0.4, 0.5) is 0 Å². The van der Waals surface area contributed by atoms with Crippen LogP contribution in [-0.2, 0) is 17.6 Å². The fraction of sp³-hybridized carbons (Fsp3) is 0.318. The largest absolute Gasteiger partial charge is 0.343 e. The maximum absolute atomic E-state index is 12.8. The van der Waals surface area contributed by atoms with E-state index in [0.29, 0.717) is 0 Å². The average molecular weight is 334 g/mol. The van der Waals surface area contributed by atoms with Crippen LogP contribution in [0.2, 0.25) is 0 Å². The number of allylic oxidation sites excluding steroid dienone is 1. The van der Waals surface area contributed by atoms with E-state index in [1.165, 1.54) is 11.1 Å². The second kappa shape index (κ2) is 7.14. The first-order valence-corrected chi connectivity index (χ1v) is 8.81. The maximum atomic E-state index is 12.8. The number of hydrogen-bond acceptors (Lipinski definition) is 2. The Kier molecular flexibility index (Phi) is 4.93. The van der Waals surface area contributed by atoms with Crippen molar-refractivity contribution in [2.45, 2.75) is 38.4 Å². The molecule has 130 valence electrons. The molecule has 1 atom stereocenters. The predicted octanol–water partition coefficient (Wildman–Crippen LogP) is 3.86. The molecule has 0 aromatic heterocycles. The first-order chi connectivity index (χ1) is 12.0. The molecule has 1 fully saturated rings. The van der Waals surface area contributed by atoms with Crippen molar-refractivity contribution in [2.75, 3.05) is 7.05 Å². The van der Waals surface area contributed by atoms with Crippen molar-refractivity contribution in [3.8, 4) is 0 Å². The quantitative estimate of drug-likeness (QED) is 0.829. The van der Waals surface area contributed by atoms with Crippen molar-refractivity contribution in [2.24, 2.45) is 0 Å². The van der Waals surface area contributed by atoms with E-state index in [9.17, 15) is 4.79 Å². The Morgan fingerprint density at radius 2 is 1.52 bits per heavy atom. The number of carbonyl (C=O) groups is 1. The maximum Gasteiger partial charge on any atom is 0.247 e. The van der Waals surface area contributed by atoms with Crippen LogP contribution in [0.3, 0.4) is 0 Å². The molecule has 0 aliphatic carbocycles. The van der Waals surface area contributed by atoms with Gasteiger partial charge in [-0.2, -0.15) is 0 Å². The van der Waals surface area contributed by atoms with E-state index >= 15 is 0 Å². The van der Waals surface area contributed by atoms with Gasteiger partial charge >= 0.3 is 0 Å². The van der Waals surface area contributed by atoms with Crippen LogP contribution in [0.1, 0.15) is 25.0 Å². The summed E-state index contributed by atoms with van der Waals surface area (Å²) in [7, 11) is 1.89. The van der Waals surface area contributed by atoms with Crippen LogP contribution >= 0.6 is 0 Å². The molecule has 3 nitrogen and oxygen atoms in total. The van der Waals surface area contributed by atoms with E-state index in [1.54, 1.807) is 0 Å². The summed E-state index contributed by atoms with van der Waals surface area (Å²) in [5, 5.41) is 0. The van der Waals surface area contributed by atoms with E-state index in [-0.39, 0.29) is 17.6 Å². The zero-order chi connectivity index (χ0) is 17.9. The standard InChI is InChI=1S/C22H26N2O/c1-22(2)23(3)21(25)20(17-19-13-8-5-9-14-19)24(22)16-10-15-18-11-6-4-7-12-18/h4-14,16,20H,15,17H2,1-3H3/b16-10+/t20-/m0/s1. The Morgan fingerprint density at radius 3 is 2.12 bits per heavy atom. The zero-order valence-corrected chi connectivity index (χ0v) is 15.2. The van der Waals surface area contributed by atoms with E-state index in [4.69, 9.17) is 0 Å². The lowest BCUT2D eigenvalue weighted by molar-refractivity contribution is -0.129. The molecule has 3 heteroatoms. The van der Waals surface area contributed by atoms with Crippen molar-refractivity contribution in [3.63, 3.8) is 0 Å². The molecule has 1 heterocycles. The number of hydrogen-bond donors (Lipinski definition) is 0. The van der Waals surface area contributed by atoms with Crippen molar-refractivity contribution in [3.05, 3.63) is 84.1 Å². The highest BCUT2D eigenvalue weighted by Crippen LogP contribution is 2.32. The SMILES string of the molecule is CN1C(=O)[C@H](Cc2ccccc2)N(/C=C/Cc2ccccc2)C1(C)C. The summed E-state index contributed by atoms with van der Waals surface area (Å²) in [5.41, 5.74) is 2.13. The lowest BCUT2D eigenvalue weighted by atomic mass is 10.0. The van der Waals surface area contributed by atoms with Crippen LogP contribution in [0, 0.1) is 0 Å². The first kappa shape index (κ1) is 17.3. The highest BCUT2D eigenvalue weighted by atomic mass is 16.2. The zero-order valence-electron chi connectivity index (χ0n) is 15.2. The van der Waals surface area contributed by atoms with Crippen molar-refractivity contribution < 1.29 is 4.79 Å². The molecule has 0 spiro atoms. The summed E-state index contributed by atoms with van der Waals surface area (Å²) in [6.07, 6.45) is 5.84. The topological polar surface area (TPSA) is 23.6 Å². The normalized spacial score (nSPS) is 19.8. The van der Waals surface area contributed by atoms with Gasteiger partial charge in [0.05, 0.1) is 0 Å². The number of nitrogens with zero attached hydrogens (tertiary/aromatic N) is 2. The van der Waals surface area contributed by atoms with Gasteiger partial charge in [0.1, 0.15) is 11.7 Å². The molecule has 1 aliphatic heterocycles. The molecular weight excluding hydrogens is 308 g/mol. The number of carbonyl (C=O) groups excluding carboxylic acids is 1. The van der Waals surface area contributed by atoms with Gasteiger partial charge in [-0.1, -0.05) is 66.7 Å². The van der Waals surface area contributed by atoms with E-state index in [0.717, 1.165) is 12.8 Å². The van der Waals surface area contributed by atoms with Gasteiger partial charge in [-0.25, -0.2) is 0 Å². The molecule has 0 bridgehead atoms. The molecule has 2 aromatic rings. The first-order valence-electron chi connectivity index (χ1n) is 8.81. The summed E-state index contributed by atoms with van der Waals surface area (Å²) >= 11 is 0. The minimum absolute atomic E-state index is 0.158. The Hall–Kier alpha value is -2.55. The lowest BCUT2D eigenvalue weighted by Gasteiger charge is -2.36. The molecule has 1 saturated heterocycles. The van der Waals surface area contributed by atoms with E-state index in [2.05, 4.69) is 67.4 Å². The highest BCUT2D eigenvalue weighted by molar-refractivity contribution is 5.85. The lowest BCUT2D eigenvalue weighted by Crippen LogP contribution is -2.46. The van der Waals surface area contributed by atoms with Crippen LogP contribution in [-0.4, -0.2) is 34.5 Å². The third-order valence-electron chi connectivity index (χ3n) is 5.14. The van der Waals surface area contributed by atoms with Gasteiger partial charge in [-0.15, -0.1) is 0 Å². The third kappa shape index (κ3) is 3.60. The Labute approximate surface area is 150 Å². The summed E-state index contributed by atoms with van der Waals surface area (Å²) in [6, 6.07) is 20.5. The van der Waals surface area contributed by atoms with Crippen LogP contribution < -0.4 is 0 Å². The smallest absolute Gasteiger partial charge is 0.247 e. The molecule has 25 heavy (non-hydrogen) atoms. The van der Waals surface area contributed by atoms with Gasteiger partial charge in [0.15, 0.2) is 0 Å². The molecule has 1 aliphatic rings. The summed E-state index contributed by atoms with van der Waals surface area (Å²) in [6.45, 7) is 4.20. The molecule has 3 rings (SSSR count). The molecule has 1 amide bonds. The average Bonchev–Trinajstić information content (AvgIpc) is 2.78. The monoisotopic (exact) mass is 334 g/mol. The van der Waals surface area contributed by atoms with E-state index in [1.807, 2.05) is 36.2 Å². The van der Waals surface area contributed by atoms with Crippen molar-refractivity contribution in [1.29, 1.82) is 0 Å².